The zero-order valence-corrected chi connectivity index (χ0v) is 14.5. The van der Waals surface area contributed by atoms with Crippen LogP contribution in [0, 0.1) is 0 Å². The minimum atomic E-state index is -0.833. The maximum atomic E-state index is 9.00. The van der Waals surface area contributed by atoms with Gasteiger partial charge in [0.15, 0.2) is 0 Å². The predicted molar refractivity (Wildman–Crippen MR) is 63.3 cm³/mol. The van der Waals surface area contributed by atoms with Crippen LogP contribution in [0.1, 0.15) is 27.7 Å². The first-order valence-corrected chi connectivity index (χ1v) is 3.71. The Labute approximate surface area is 123 Å². The van der Waals surface area contributed by atoms with E-state index in [0.717, 1.165) is 27.7 Å². The van der Waals surface area contributed by atoms with Gasteiger partial charge in [-0.2, -0.15) is 0 Å². The molecule has 0 unspecified atom stereocenters. The molecule has 0 bridgehead atoms. The summed E-state index contributed by atoms with van der Waals surface area (Å²) in [5.74, 6) is -3.33. The number of rotatable bonds is 0. The van der Waals surface area contributed by atoms with Crippen molar-refractivity contribution in [3.63, 3.8) is 0 Å². The van der Waals surface area contributed by atoms with Crippen molar-refractivity contribution >= 4 is 23.9 Å². The van der Waals surface area contributed by atoms with E-state index >= 15 is 0 Å². The average Bonchev–Trinajstić information content (AvgIpc) is 1.76. The van der Waals surface area contributed by atoms with Gasteiger partial charge in [0.2, 0.25) is 0 Å². The number of hydrogen-bond donors (Lipinski definition) is 6. The second-order valence-electron chi connectivity index (χ2n) is 2.08. The van der Waals surface area contributed by atoms with Crippen molar-refractivity contribution in [2.45, 2.75) is 27.7 Å². The molecular weight excluding hydrogens is 317 g/mol. The van der Waals surface area contributed by atoms with Crippen LogP contribution in [-0.2, 0) is 38.7 Å². The molecule has 0 aliphatic heterocycles. The number of aliphatic carboxylic acids is 4. The van der Waals surface area contributed by atoms with Crippen molar-refractivity contribution in [3.05, 3.63) is 0 Å². The van der Waals surface area contributed by atoms with Crippen LogP contribution in [-0.4, -0.2) is 44.3 Å². The van der Waals surface area contributed by atoms with Crippen molar-refractivity contribution in [1.82, 2.24) is 12.3 Å². The van der Waals surface area contributed by atoms with Gasteiger partial charge < -0.3 is 32.7 Å². The third-order valence-electron chi connectivity index (χ3n) is 0. The van der Waals surface area contributed by atoms with E-state index in [1.54, 1.807) is 0 Å². The molecule has 0 radical (unpaired) electrons. The molecule has 0 spiro atoms. The van der Waals surface area contributed by atoms with Gasteiger partial charge in [-0.05, 0) is 0 Å². The summed E-state index contributed by atoms with van der Waals surface area (Å²) in [6, 6.07) is 0. The van der Waals surface area contributed by atoms with Crippen molar-refractivity contribution in [3.8, 4) is 0 Å². The fraction of sp³-hybridized carbons (Fsp3) is 0.500. The third-order valence-corrected chi connectivity index (χ3v) is 0. The fourth-order valence-corrected chi connectivity index (χ4v) is 0. The molecule has 0 amide bonds. The van der Waals surface area contributed by atoms with E-state index in [0.29, 0.717) is 0 Å². The van der Waals surface area contributed by atoms with Crippen LogP contribution in [0.5, 0.6) is 0 Å². The number of carboxylic acids is 4. The number of carbonyl (C=O) groups is 4. The van der Waals surface area contributed by atoms with Gasteiger partial charge in [0.25, 0.3) is 23.9 Å². The molecule has 0 aromatic rings. The van der Waals surface area contributed by atoms with Gasteiger partial charge in [-0.1, -0.05) is 0 Å². The Morgan fingerprint density at radius 1 is 0.526 bits per heavy atom. The Bertz CT molecular complexity index is 171. The van der Waals surface area contributed by atoms with Gasteiger partial charge in [0.1, 0.15) is 0 Å². The largest absolute Gasteiger partial charge is 0.481 e. The van der Waals surface area contributed by atoms with Crippen LogP contribution in [0.25, 0.3) is 0 Å². The van der Waals surface area contributed by atoms with Crippen molar-refractivity contribution in [2.24, 2.45) is 0 Å². The molecule has 0 rings (SSSR count). The van der Waals surface area contributed by atoms with E-state index in [9.17, 15) is 0 Å². The Morgan fingerprint density at radius 3 is 0.526 bits per heavy atom. The first-order chi connectivity index (χ1) is 6.93. The monoisotopic (exact) mass is 338 g/mol. The summed E-state index contributed by atoms with van der Waals surface area (Å²) in [7, 11) is 0. The molecule has 0 saturated heterocycles. The molecule has 0 aromatic carbocycles. The second-order valence-corrected chi connectivity index (χ2v) is 2.08. The molecule has 0 aliphatic carbocycles. The van der Waals surface area contributed by atoms with Gasteiger partial charge in [-0.25, -0.2) is 0 Å². The van der Waals surface area contributed by atoms with Crippen LogP contribution < -0.4 is 12.3 Å². The normalized spacial score (nSPS) is 5.26. The SMILES string of the molecule is CC(=O)O.CC(=O)O.CC(=O)O.CC(=O)O.N.N.[Zn]. The summed E-state index contributed by atoms with van der Waals surface area (Å²) in [6.07, 6.45) is 0. The zero-order valence-electron chi connectivity index (χ0n) is 11.5. The topological polar surface area (TPSA) is 219 Å². The van der Waals surface area contributed by atoms with Crippen LogP contribution in [0.2, 0.25) is 0 Å². The van der Waals surface area contributed by atoms with E-state index in [-0.39, 0.29) is 31.8 Å². The fourth-order valence-electron chi connectivity index (χ4n) is 0. The maximum absolute atomic E-state index is 9.00. The van der Waals surface area contributed by atoms with Gasteiger partial charge in [0, 0.05) is 47.2 Å². The third kappa shape index (κ3) is 1370. The molecule has 10 nitrogen and oxygen atoms in total. The minimum absolute atomic E-state index is 0. The molecule has 0 heterocycles. The van der Waals surface area contributed by atoms with Gasteiger partial charge in [0.05, 0.1) is 0 Å². The molecule has 0 fully saturated rings. The maximum Gasteiger partial charge on any atom is 0.300 e. The standard InChI is InChI=1S/4C2H4O2.2H3N.Zn/c4*1-2(3)4;;;/h4*1H3,(H,3,4);2*1H3;. The molecule has 114 valence electrons. The summed E-state index contributed by atoms with van der Waals surface area (Å²) in [4.78, 5) is 36.0. The van der Waals surface area contributed by atoms with Crippen LogP contribution in [0.4, 0.5) is 0 Å². The average molecular weight is 340 g/mol. The van der Waals surface area contributed by atoms with E-state index in [4.69, 9.17) is 39.6 Å². The first kappa shape index (κ1) is 43.3. The van der Waals surface area contributed by atoms with Gasteiger partial charge in [-0.15, -0.1) is 0 Å². The first-order valence-electron chi connectivity index (χ1n) is 3.71. The molecule has 10 N–H and O–H groups in total. The smallest absolute Gasteiger partial charge is 0.300 e. The summed E-state index contributed by atoms with van der Waals surface area (Å²) in [5, 5.41) is 29.7. The van der Waals surface area contributed by atoms with Gasteiger partial charge >= 0.3 is 0 Å². The summed E-state index contributed by atoms with van der Waals surface area (Å²) in [5.41, 5.74) is 0. The van der Waals surface area contributed by atoms with Crippen LogP contribution in [0.3, 0.4) is 0 Å². The van der Waals surface area contributed by atoms with Gasteiger partial charge in [-0.3, -0.25) is 19.2 Å². The minimum Gasteiger partial charge on any atom is -0.481 e. The number of hydrogen-bond acceptors (Lipinski definition) is 6. The molecule has 0 aromatic heterocycles. The Morgan fingerprint density at radius 2 is 0.526 bits per heavy atom. The molecule has 11 heteroatoms. The number of carboxylic acid groups (broad SMARTS) is 4. The van der Waals surface area contributed by atoms with E-state index < -0.39 is 23.9 Å². The molecular formula is C8H22N2O8Zn. The van der Waals surface area contributed by atoms with Crippen molar-refractivity contribution in [1.29, 1.82) is 0 Å². The Balaban J connectivity index is -0.0000000192. The predicted octanol–water partition coefficient (Wildman–Crippen LogP) is 0.685. The molecule has 0 saturated carbocycles. The van der Waals surface area contributed by atoms with E-state index in [2.05, 4.69) is 0 Å². The second kappa shape index (κ2) is 36.0. The Kier molecular flexibility index (Phi) is 81.9. The summed E-state index contributed by atoms with van der Waals surface area (Å²) < 4.78 is 0. The van der Waals surface area contributed by atoms with Crippen LogP contribution in [0.15, 0.2) is 0 Å². The van der Waals surface area contributed by atoms with E-state index in [1.807, 2.05) is 0 Å². The molecule has 0 aliphatic rings. The molecule has 0 atom stereocenters. The zero-order chi connectivity index (χ0) is 14.3. The summed E-state index contributed by atoms with van der Waals surface area (Å²) >= 11 is 0. The van der Waals surface area contributed by atoms with E-state index in [1.165, 1.54) is 0 Å². The van der Waals surface area contributed by atoms with Crippen molar-refractivity contribution in [2.75, 3.05) is 0 Å². The summed E-state index contributed by atoms with van der Waals surface area (Å²) in [6.45, 7) is 4.33. The quantitative estimate of drug-likeness (QED) is 0.338. The van der Waals surface area contributed by atoms with Crippen molar-refractivity contribution < 1.29 is 59.1 Å². The molecule has 19 heavy (non-hydrogen) atoms. The Hall–Kier alpha value is -1.58. The van der Waals surface area contributed by atoms with Crippen LogP contribution >= 0.6 is 0 Å².